The van der Waals surface area contributed by atoms with Gasteiger partial charge in [0.25, 0.3) is 11.9 Å². The van der Waals surface area contributed by atoms with Crippen molar-refractivity contribution in [3.63, 3.8) is 0 Å². The van der Waals surface area contributed by atoms with Gasteiger partial charge in [0.1, 0.15) is 11.5 Å². The number of amides is 1. The Morgan fingerprint density at radius 3 is 2.88 bits per heavy atom. The minimum atomic E-state index is -0.398. The summed E-state index contributed by atoms with van der Waals surface area (Å²) in [6, 6.07) is 5.99. The molecule has 0 saturated carbocycles. The van der Waals surface area contributed by atoms with Crippen LogP contribution in [0.2, 0.25) is 5.02 Å². The summed E-state index contributed by atoms with van der Waals surface area (Å²) in [7, 11) is 1.50. The zero-order valence-corrected chi connectivity index (χ0v) is 14.6. The van der Waals surface area contributed by atoms with Gasteiger partial charge in [-0.05, 0) is 42.3 Å². The molecule has 0 aliphatic rings. The van der Waals surface area contributed by atoms with Crippen molar-refractivity contribution in [2.45, 2.75) is 13.3 Å². The van der Waals surface area contributed by atoms with Crippen LogP contribution in [0.4, 0.5) is 10.1 Å². The molecule has 1 heterocycles. The van der Waals surface area contributed by atoms with Crippen molar-refractivity contribution in [3.05, 3.63) is 58.1 Å². The summed E-state index contributed by atoms with van der Waals surface area (Å²) in [6.07, 6.45) is 1.68. The molecule has 1 amide bonds. The number of hydrogen-bond acceptors (Lipinski definition) is 4. The summed E-state index contributed by atoms with van der Waals surface area (Å²) in [5, 5.41) is 3.15. The average molecular weight is 365 g/mol. The highest BCUT2D eigenvalue weighted by atomic mass is 35.5. The molecule has 2 rings (SSSR count). The first-order chi connectivity index (χ1) is 11.9. The number of carbonyl (C=O) groups excluding carboxylic acids is 1. The Morgan fingerprint density at radius 1 is 1.44 bits per heavy atom. The van der Waals surface area contributed by atoms with E-state index in [-0.39, 0.29) is 24.7 Å². The van der Waals surface area contributed by atoms with E-state index in [1.807, 2.05) is 0 Å². The van der Waals surface area contributed by atoms with E-state index in [1.54, 1.807) is 19.1 Å². The Balaban J connectivity index is 2.09. The lowest BCUT2D eigenvalue weighted by atomic mass is 10.1. The van der Waals surface area contributed by atoms with Crippen LogP contribution in [-0.4, -0.2) is 30.6 Å². The first-order valence-corrected chi connectivity index (χ1v) is 7.85. The monoisotopic (exact) mass is 364 g/mol. The zero-order chi connectivity index (χ0) is 18.4. The van der Waals surface area contributed by atoms with E-state index in [0.717, 1.165) is 0 Å². The summed E-state index contributed by atoms with van der Waals surface area (Å²) in [4.78, 5) is 20.0. The number of anilines is 1. The second-order valence-electron chi connectivity index (χ2n) is 5.24. The molecule has 0 spiro atoms. The third kappa shape index (κ3) is 5.15. The number of nitrogens with one attached hydrogen (secondary N) is 1. The molecule has 1 aromatic carbocycles. The number of ether oxygens (including phenoxy) is 1. The molecule has 0 saturated heterocycles. The highest BCUT2D eigenvalue weighted by molar-refractivity contribution is 6.30. The zero-order valence-electron chi connectivity index (χ0n) is 13.8. The van der Waals surface area contributed by atoms with E-state index >= 15 is 0 Å². The van der Waals surface area contributed by atoms with Gasteiger partial charge in [0.05, 0.1) is 11.6 Å². The van der Waals surface area contributed by atoms with Gasteiger partial charge in [0.2, 0.25) is 0 Å². The molecule has 6 nitrogen and oxygen atoms in total. The highest BCUT2D eigenvalue weighted by Gasteiger charge is 2.13. The third-order valence-corrected chi connectivity index (χ3v) is 3.61. The number of aromatic nitrogens is 1. The molecular weight excluding hydrogens is 347 g/mol. The minimum absolute atomic E-state index is 0.0363. The number of pyridine rings is 1. The first kappa shape index (κ1) is 18.7. The van der Waals surface area contributed by atoms with Crippen molar-refractivity contribution in [2.24, 2.45) is 10.7 Å². The highest BCUT2D eigenvalue weighted by Crippen LogP contribution is 2.18. The Kier molecular flexibility index (Phi) is 6.30. The van der Waals surface area contributed by atoms with Crippen molar-refractivity contribution in [2.75, 3.05) is 19.0 Å². The van der Waals surface area contributed by atoms with E-state index in [0.29, 0.717) is 21.8 Å². The van der Waals surface area contributed by atoms with E-state index < -0.39 is 11.7 Å². The molecule has 0 aliphatic carbocycles. The Hall–Kier alpha value is -2.67. The van der Waals surface area contributed by atoms with Crippen LogP contribution in [0.3, 0.4) is 0 Å². The Bertz CT molecular complexity index is 811. The number of nitrogens with two attached hydrogens (primary N) is 1. The maximum absolute atomic E-state index is 13.9. The molecule has 0 unspecified atom stereocenters. The Morgan fingerprint density at radius 2 is 2.20 bits per heavy atom. The van der Waals surface area contributed by atoms with Gasteiger partial charge in [-0.2, -0.15) is 0 Å². The van der Waals surface area contributed by atoms with Crippen LogP contribution >= 0.6 is 11.6 Å². The molecule has 0 bridgehead atoms. The van der Waals surface area contributed by atoms with Crippen LogP contribution in [0.5, 0.6) is 0 Å². The number of carbonyl (C=O) groups is 1. The van der Waals surface area contributed by atoms with Crippen LogP contribution in [-0.2, 0) is 11.2 Å². The molecule has 0 radical (unpaired) electrons. The van der Waals surface area contributed by atoms with Crippen LogP contribution in [0.1, 0.15) is 21.6 Å². The number of halogens is 2. The number of aliphatic imine (C=N–C) groups is 1. The van der Waals surface area contributed by atoms with Crippen molar-refractivity contribution >= 4 is 29.2 Å². The van der Waals surface area contributed by atoms with Crippen LogP contribution < -0.4 is 11.1 Å². The van der Waals surface area contributed by atoms with Crippen LogP contribution in [0, 0.1) is 12.7 Å². The number of nitrogens with zero attached hydrogens (tertiary/aromatic N) is 2. The maximum Gasteiger partial charge on any atom is 0.281 e. The second-order valence-corrected chi connectivity index (χ2v) is 5.68. The fraction of sp³-hybridized carbons (Fsp3) is 0.235. The van der Waals surface area contributed by atoms with Crippen molar-refractivity contribution in [1.82, 2.24) is 4.98 Å². The molecule has 1 aromatic heterocycles. The Labute approximate surface area is 149 Å². The van der Waals surface area contributed by atoms with E-state index in [4.69, 9.17) is 22.1 Å². The first-order valence-electron chi connectivity index (χ1n) is 7.47. The molecule has 132 valence electrons. The lowest BCUT2D eigenvalue weighted by molar-refractivity contribution is 0.102. The van der Waals surface area contributed by atoms with Gasteiger partial charge in [-0.25, -0.2) is 14.4 Å². The maximum atomic E-state index is 13.9. The topological polar surface area (TPSA) is 89.6 Å². The summed E-state index contributed by atoms with van der Waals surface area (Å²) < 4.78 is 19.0. The van der Waals surface area contributed by atoms with Crippen molar-refractivity contribution < 1.29 is 13.9 Å². The lowest BCUT2D eigenvalue weighted by Gasteiger charge is -2.10. The number of hydrogen-bond donors (Lipinski definition) is 2. The number of aryl methyl sites for hydroxylation is 1. The standard InChI is InChI=1S/C17H18ClFN4O2/c1-10-7-12(18)9-22-15(10)16(24)23-13-3-4-14(19)11(8-13)5-6-25-17(20)21-2/h3-4,7-9H,5-6H2,1-2H3,(H2,20,21)(H,23,24). The second kappa shape index (κ2) is 8.43. The summed E-state index contributed by atoms with van der Waals surface area (Å²) in [5.41, 5.74) is 7.17. The minimum Gasteiger partial charge on any atom is -0.465 e. The van der Waals surface area contributed by atoms with E-state index in [2.05, 4.69) is 15.3 Å². The molecule has 0 aliphatic heterocycles. The van der Waals surface area contributed by atoms with Gasteiger partial charge in [-0.1, -0.05) is 11.6 Å². The average Bonchev–Trinajstić information content (AvgIpc) is 2.57. The van der Waals surface area contributed by atoms with Crippen molar-refractivity contribution in [1.29, 1.82) is 0 Å². The molecular formula is C17H18ClFN4O2. The molecule has 3 N–H and O–H groups in total. The SMILES string of the molecule is C/N=C(/N)OCCc1cc(NC(=O)c2ncc(Cl)cc2C)ccc1F. The number of amidine groups is 1. The lowest BCUT2D eigenvalue weighted by Crippen LogP contribution is -2.18. The van der Waals surface area contributed by atoms with Gasteiger partial charge in [0, 0.05) is 25.4 Å². The molecule has 8 heteroatoms. The van der Waals surface area contributed by atoms with Gasteiger partial charge < -0.3 is 15.8 Å². The van der Waals surface area contributed by atoms with Gasteiger partial charge in [0.15, 0.2) is 0 Å². The van der Waals surface area contributed by atoms with E-state index in [9.17, 15) is 9.18 Å². The smallest absolute Gasteiger partial charge is 0.281 e. The molecule has 0 fully saturated rings. The van der Waals surface area contributed by atoms with E-state index in [1.165, 1.54) is 25.4 Å². The predicted octanol–water partition coefficient (Wildman–Crippen LogP) is 2.94. The van der Waals surface area contributed by atoms with Crippen molar-refractivity contribution in [3.8, 4) is 0 Å². The van der Waals surface area contributed by atoms with Crippen LogP contribution in [0.25, 0.3) is 0 Å². The predicted molar refractivity (Wildman–Crippen MR) is 95.5 cm³/mol. The fourth-order valence-electron chi connectivity index (χ4n) is 2.14. The summed E-state index contributed by atoms with van der Waals surface area (Å²) >= 11 is 5.84. The third-order valence-electron chi connectivity index (χ3n) is 3.41. The molecule has 25 heavy (non-hydrogen) atoms. The van der Waals surface area contributed by atoms with Gasteiger partial charge in [-0.3, -0.25) is 4.79 Å². The quantitative estimate of drug-likeness (QED) is 0.630. The fourth-order valence-corrected chi connectivity index (χ4v) is 2.36. The number of benzene rings is 1. The summed E-state index contributed by atoms with van der Waals surface area (Å²) in [6.45, 7) is 1.91. The summed E-state index contributed by atoms with van der Waals surface area (Å²) in [5.74, 6) is -0.792. The molecule has 2 aromatic rings. The van der Waals surface area contributed by atoms with Gasteiger partial charge in [-0.15, -0.1) is 0 Å². The largest absolute Gasteiger partial charge is 0.465 e. The number of rotatable bonds is 5. The van der Waals surface area contributed by atoms with Gasteiger partial charge >= 0.3 is 0 Å². The molecule has 0 atom stereocenters. The van der Waals surface area contributed by atoms with Crippen LogP contribution in [0.15, 0.2) is 35.5 Å². The normalized spacial score (nSPS) is 11.3.